The molecule has 0 saturated heterocycles. The summed E-state index contributed by atoms with van der Waals surface area (Å²) in [6.45, 7) is 2.44. The smallest absolute Gasteiger partial charge is 0.254 e. The summed E-state index contributed by atoms with van der Waals surface area (Å²) >= 11 is 6.03. The molecule has 3 rings (SSSR count). The molecule has 29 heavy (non-hydrogen) atoms. The molecule has 0 saturated carbocycles. The van der Waals surface area contributed by atoms with Crippen LogP contribution in [0.15, 0.2) is 54.6 Å². The Morgan fingerprint density at radius 1 is 1.03 bits per heavy atom. The lowest BCUT2D eigenvalue weighted by Gasteiger charge is -2.25. The van der Waals surface area contributed by atoms with Crippen LogP contribution < -0.4 is 0 Å². The van der Waals surface area contributed by atoms with E-state index >= 15 is 0 Å². The summed E-state index contributed by atoms with van der Waals surface area (Å²) < 4.78 is 5.22. The number of likely N-dealkylation sites (N-methyl/N-ethyl adjacent to an activating group) is 1. The molecule has 1 heterocycles. The summed E-state index contributed by atoms with van der Waals surface area (Å²) in [5, 5.41) is 1.52. The number of nitrogens with zero attached hydrogens (tertiary/aromatic N) is 3. The van der Waals surface area contributed by atoms with Gasteiger partial charge in [-0.2, -0.15) is 0 Å². The summed E-state index contributed by atoms with van der Waals surface area (Å²) in [6.07, 6.45) is 0. The van der Waals surface area contributed by atoms with Crippen LogP contribution in [0.25, 0.3) is 22.2 Å². The number of aromatic nitrogens is 1. The van der Waals surface area contributed by atoms with Gasteiger partial charge in [0.25, 0.3) is 5.91 Å². The third kappa shape index (κ3) is 5.32. The zero-order valence-corrected chi connectivity index (χ0v) is 17.8. The molecule has 0 bridgehead atoms. The second-order valence-corrected chi connectivity index (χ2v) is 7.60. The number of hydrogen-bond acceptors (Lipinski definition) is 4. The Morgan fingerprint density at radius 2 is 1.76 bits per heavy atom. The number of amides is 1. The Kier molecular flexibility index (Phi) is 7.20. The highest BCUT2D eigenvalue weighted by atomic mass is 35.5. The molecule has 0 aliphatic carbocycles. The highest BCUT2D eigenvalue weighted by Gasteiger charge is 2.20. The number of para-hydroxylation sites is 1. The topological polar surface area (TPSA) is 45.7 Å². The van der Waals surface area contributed by atoms with Crippen LogP contribution in [0.4, 0.5) is 0 Å². The van der Waals surface area contributed by atoms with E-state index in [-0.39, 0.29) is 5.91 Å². The van der Waals surface area contributed by atoms with Crippen molar-refractivity contribution in [1.29, 1.82) is 0 Å². The Morgan fingerprint density at radius 3 is 2.45 bits per heavy atom. The van der Waals surface area contributed by atoms with E-state index in [0.717, 1.165) is 28.7 Å². The lowest BCUT2D eigenvalue weighted by atomic mass is 10.0. The van der Waals surface area contributed by atoms with Crippen molar-refractivity contribution in [3.63, 3.8) is 0 Å². The molecule has 0 spiro atoms. The van der Waals surface area contributed by atoms with Crippen molar-refractivity contribution in [3.05, 3.63) is 65.2 Å². The molecule has 0 atom stereocenters. The molecule has 6 heteroatoms. The van der Waals surface area contributed by atoms with Crippen LogP contribution in [0.2, 0.25) is 5.02 Å². The Balaban J connectivity index is 2.05. The van der Waals surface area contributed by atoms with E-state index < -0.39 is 0 Å². The fourth-order valence-electron chi connectivity index (χ4n) is 3.13. The first-order chi connectivity index (χ1) is 14.0. The van der Waals surface area contributed by atoms with Crippen LogP contribution in [0.1, 0.15) is 10.4 Å². The molecule has 1 aromatic heterocycles. The van der Waals surface area contributed by atoms with Gasteiger partial charge < -0.3 is 14.5 Å². The third-order valence-electron chi connectivity index (χ3n) is 4.76. The van der Waals surface area contributed by atoms with Gasteiger partial charge in [0.05, 0.1) is 23.4 Å². The molecule has 0 aliphatic heterocycles. The van der Waals surface area contributed by atoms with Gasteiger partial charge in [0, 0.05) is 42.7 Å². The number of ether oxygens (including phenoxy) is 1. The van der Waals surface area contributed by atoms with Gasteiger partial charge in [0.15, 0.2) is 0 Å². The number of carbonyl (C=O) groups excluding carboxylic acids is 1. The first-order valence-electron chi connectivity index (χ1n) is 9.58. The minimum atomic E-state index is -0.0160. The molecule has 0 fully saturated rings. The second-order valence-electron chi connectivity index (χ2n) is 7.17. The predicted octanol–water partition coefficient (Wildman–Crippen LogP) is 4.21. The van der Waals surface area contributed by atoms with Crippen LogP contribution in [-0.4, -0.2) is 68.1 Å². The highest BCUT2D eigenvalue weighted by Crippen LogP contribution is 2.26. The van der Waals surface area contributed by atoms with Crippen molar-refractivity contribution >= 4 is 28.4 Å². The van der Waals surface area contributed by atoms with Crippen molar-refractivity contribution < 1.29 is 9.53 Å². The van der Waals surface area contributed by atoms with Crippen LogP contribution in [0.5, 0.6) is 0 Å². The number of methoxy groups -OCH3 is 1. The zero-order chi connectivity index (χ0) is 20.8. The van der Waals surface area contributed by atoms with Crippen molar-refractivity contribution in [3.8, 4) is 11.3 Å². The highest BCUT2D eigenvalue weighted by molar-refractivity contribution is 6.30. The quantitative estimate of drug-likeness (QED) is 0.557. The van der Waals surface area contributed by atoms with E-state index in [1.807, 2.05) is 73.6 Å². The molecule has 0 radical (unpaired) electrons. The first-order valence-corrected chi connectivity index (χ1v) is 9.96. The van der Waals surface area contributed by atoms with Gasteiger partial charge in [-0.05, 0) is 38.4 Å². The Bertz CT molecular complexity index is 974. The summed E-state index contributed by atoms with van der Waals surface area (Å²) in [6, 6.07) is 17.1. The summed E-state index contributed by atoms with van der Waals surface area (Å²) in [5.41, 5.74) is 3.12. The van der Waals surface area contributed by atoms with E-state index in [1.165, 1.54) is 0 Å². The van der Waals surface area contributed by atoms with Gasteiger partial charge in [-0.25, -0.2) is 4.98 Å². The monoisotopic (exact) mass is 411 g/mol. The molecule has 2 aromatic carbocycles. The number of carbonyl (C=O) groups is 1. The number of benzene rings is 2. The normalized spacial score (nSPS) is 11.2. The van der Waals surface area contributed by atoms with Gasteiger partial charge in [0.1, 0.15) is 0 Å². The SMILES string of the molecule is COCCN(CCN(C)C)C(=O)c1cc(-c2ccc(Cl)cc2)nc2ccccc12. The first kappa shape index (κ1) is 21.2. The van der Waals surface area contributed by atoms with E-state index in [9.17, 15) is 4.79 Å². The maximum Gasteiger partial charge on any atom is 0.254 e. The lowest BCUT2D eigenvalue weighted by molar-refractivity contribution is 0.0685. The maximum atomic E-state index is 13.5. The third-order valence-corrected chi connectivity index (χ3v) is 5.01. The fourth-order valence-corrected chi connectivity index (χ4v) is 3.25. The van der Waals surface area contributed by atoms with E-state index in [1.54, 1.807) is 7.11 Å². The molecule has 0 aliphatic rings. The predicted molar refractivity (Wildman–Crippen MR) is 119 cm³/mol. The molecule has 0 unspecified atom stereocenters. The van der Waals surface area contributed by atoms with Gasteiger partial charge >= 0.3 is 0 Å². The van der Waals surface area contributed by atoms with Crippen LogP contribution in [0.3, 0.4) is 0 Å². The van der Waals surface area contributed by atoms with E-state index in [2.05, 4.69) is 4.90 Å². The van der Waals surface area contributed by atoms with Crippen molar-refractivity contribution in [2.24, 2.45) is 0 Å². The molecular formula is C23H26ClN3O2. The molecule has 1 amide bonds. The second kappa shape index (κ2) is 9.83. The van der Waals surface area contributed by atoms with Gasteiger partial charge in [-0.15, -0.1) is 0 Å². The average molecular weight is 412 g/mol. The molecule has 5 nitrogen and oxygen atoms in total. The largest absolute Gasteiger partial charge is 0.383 e. The van der Waals surface area contributed by atoms with Crippen molar-refractivity contribution in [2.45, 2.75) is 0 Å². The Hall–Kier alpha value is -2.47. The standard InChI is InChI=1S/C23H26ClN3O2/c1-26(2)12-13-27(14-15-29-3)23(28)20-16-22(17-8-10-18(24)11-9-17)25-21-7-5-4-6-19(20)21/h4-11,16H,12-15H2,1-3H3. The molecule has 152 valence electrons. The summed E-state index contributed by atoms with van der Waals surface area (Å²) in [7, 11) is 5.65. The van der Waals surface area contributed by atoms with Crippen molar-refractivity contribution in [2.75, 3.05) is 47.4 Å². The molecule has 3 aromatic rings. The summed E-state index contributed by atoms with van der Waals surface area (Å²) in [4.78, 5) is 22.2. The number of pyridine rings is 1. The van der Waals surface area contributed by atoms with Gasteiger partial charge in [-0.3, -0.25) is 4.79 Å². The lowest BCUT2D eigenvalue weighted by Crippen LogP contribution is -2.38. The minimum Gasteiger partial charge on any atom is -0.383 e. The summed E-state index contributed by atoms with van der Waals surface area (Å²) in [5.74, 6) is -0.0160. The fraction of sp³-hybridized carbons (Fsp3) is 0.304. The Labute approximate surface area is 176 Å². The molecule has 0 N–H and O–H groups in total. The van der Waals surface area contributed by atoms with Crippen LogP contribution in [0, 0.1) is 0 Å². The van der Waals surface area contributed by atoms with E-state index in [4.69, 9.17) is 21.3 Å². The number of hydrogen-bond donors (Lipinski definition) is 0. The number of fused-ring (bicyclic) bond motifs is 1. The van der Waals surface area contributed by atoms with Gasteiger partial charge in [0.2, 0.25) is 0 Å². The van der Waals surface area contributed by atoms with Crippen molar-refractivity contribution in [1.82, 2.24) is 14.8 Å². The number of rotatable bonds is 8. The van der Waals surface area contributed by atoms with Gasteiger partial charge in [-0.1, -0.05) is 41.9 Å². The van der Waals surface area contributed by atoms with Crippen LogP contribution >= 0.6 is 11.6 Å². The maximum absolute atomic E-state index is 13.5. The number of halogens is 1. The molecular weight excluding hydrogens is 386 g/mol. The zero-order valence-electron chi connectivity index (χ0n) is 17.1. The van der Waals surface area contributed by atoms with E-state index in [0.29, 0.717) is 30.3 Å². The van der Waals surface area contributed by atoms with Crippen LogP contribution in [-0.2, 0) is 4.74 Å². The minimum absolute atomic E-state index is 0.0160. The average Bonchev–Trinajstić information content (AvgIpc) is 2.73.